The molecule has 0 radical (unpaired) electrons. The van der Waals surface area contributed by atoms with E-state index in [1.807, 2.05) is 6.20 Å². The molecule has 3 aromatic rings. The average molecular weight is 260 g/mol. The molecule has 0 aliphatic rings. The van der Waals surface area contributed by atoms with Crippen LogP contribution in [-0.4, -0.2) is 9.55 Å². The zero-order valence-corrected chi connectivity index (χ0v) is 10.9. The Bertz CT molecular complexity index is 564. The van der Waals surface area contributed by atoms with Gasteiger partial charge in [0.15, 0.2) is 0 Å². The van der Waals surface area contributed by atoms with E-state index in [1.165, 1.54) is 10.4 Å². The molecule has 17 heavy (non-hydrogen) atoms. The van der Waals surface area contributed by atoms with Crippen LogP contribution in [0.3, 0.4) is 0 Å². The molecule has 0 N–H and O–H groups in total. The largest absolute Gasteiger partial charge is 0.330 e. The van der Waals surface area contributed by atoms with Crippen LogP contribution in [0.15, 0.2) is 46.7 Å². The predicted molar refractivity (Wildman–Crippen MR) is 73.6 cm³/mol. The average Bonchev–Trinajstić information content (AvgIpc) is 3.09. The maximum Gasteiger partial charge on any atom is 0.149 e. The third-order valence-electron chi connectivity index (χ3n) is 2.68. The Morgan fingerprint density at radius 3 is 3.00 bits per heavy atom. The van der Waals surface area contributed by atoms with E-state index in [2.05, 4.69) is 50.1 Å². The first kappa shape index (κ1) is 10.7. The summed E-state index contributed by atoms with van der Waals surface area (Å²) in [5, 5.41) is 6.43. The van der Waals surface area contributed by atoms with E-state index >= 15 is 0 Å². The fourth-order valence-electron chi connectivity index (χ4n) is 1.81. The third-order valence-corrected chi connectivity index (χ3v) is 4.28. The van der Waals surface area contributed by atoms with Crippen molar-refractivity contribution in [1.29, 1.82) is 0 Å². The number of nitrogens with zero attached hydrogens (tertiary/aromatic N) is 2. The second-order valence-electron chi connectivity index (χ2n) is 3.80. The second-order valence-corrected chi connectivity index (χ2v) is 5.53. The van der Waals surface area contributed by atoms with Gasteiger partial charge in [0.1, 0.15) is 5.82 Å². The lowest BCUT2D eigenvalue weighted by molar-refractivity contribution is 0.705. The number of aromatic nitrogens is 2. The van der Waals surface area contributed by atoms with E-state index in [0.717, 1.165) is 18.8 Å². The molecule has 0 saturated heterocycles. The lowest BCUT2D eigenvalue weighted by Gasteiger charge is -2.05. The molecule has 0 atom stereocenters. The number of imidazole rings is 1. The van der Waals surface area contributed by atoms with Gasteiger partial charge in [-0.15, -0.1) is 11.3 Å². The van der Waals surface area contributed by atoms with Gasteiger partial charge in [-0.1, -0.05) is 6.07 Å². The van der Waals surface area contributed by atoms with Crippen LogP contribution >= 0.6 is 22.7 Å². The lowest BCUT2D eigenvalue weighted by atomic mass is 10.2. The van der Waals surface area contributed by atoms with Gasteiger partial charge >= 0.3 is 0 Å². The lowest BCUT2D eigenvalue weighted by Crippen LogP contribution is -2.01. The number of hydrogen-bond donors (Lipinski definition) is 0. The fourth-order valence-corrected chi connectivity index (χ4v) is 3.24. The number of thiophene rings is 2. The van der Waals surface area contributed by atoms with Gasteiger partial charge in [0.2, 0.25) is 0 Å². The van der Waals surface area contributed by atoms with Crippen molar-refractivity contribution < 1.29 is 0 Å². The molecule has 2 nitrogen and oxygen atoms in total. The van der Waals surface area contributed by atoms with E-state index in [9.17, 15) is 0 Å². The van der Waals surface area contributed by atoms with Gasteiger partial charge < -0.3 is 4.57 Å². The van der Waals surface area contributed by atoms with Crippen molar-refractivity contribution in [3.05, 3.63) is 52.3 Å². The molecule has 0 amide bonds. The van der Waals surface area contributed by atoms with Gasteiger partial charge in [0.25, 0.3) is 0 Å². The molecule has 0 bridgehead atoms. The van der Waals surface area contributed by atoms with Crippen LogP contribution in [0.5, 0.6) is 0 Å². The molecule has 0 unspecified atom stereocenters. The first-order chi connectivity index (χ1) is 8.43. The molecule has 0 fully saturated rings. The molecule has 0 spiro atoms. The van der Waals surface area contributed by atoms with E-state index in [4.69, 9.17) is 0 Å². The third kappa shape index (κ3) is 2.33. The highest BCUT2D eigenvalue weighted by Crippen LogP contribution is 2.23. The van der Waals surface area contributed by atoms with Gasteiger partial charge in [-0.25, -0.2) is 4.98 Å². The zero-order valence-electron chi connectivity index (χ0n) is 9.24. The Hall–Kier alpha value is -1.39. The number of hydrogen-bond acceptors (Lipinski definition) is 3. The number of aryl methyl sites for hydroxylation is 2. The summed E-state index contributed by atoms with van der Waals surface area (Å²) in [7, 11) is 0. The Balaban J connectivity index is 1.78. The van der Waals surface area contributed by atoms with Crippen molar-refractivity contribution in [2.75, 3.05) is 0 Å². The van der Waals surface area contributed by atoms with Crippen LogP contribution < -0.4 is 0 Å². The molecule has 0 aromatic carbocycles. The minimum absolute atomic E-state index is 0.990. The summed E-state index contributed by atoms with van der Waals surface area (Å²) in [6.07, 6.45) is 5.00. The SMILES string of the molecule is c1csc(-c2nccn2CCc2ccsc2)c1. The van der Waals surface area contributed by atoms with Gasteiger partial charge in [-0.2, -0.15) is 11.3 Å². The molecule has 86 valence electrons. The Labute approximate surface area is 108 Å². The summed E-state index contributed by atoms with van der Waals surface area (Å²) in [5.74, 6) is 1.08. The molecule has 3 rings (SSSR count). The van der Waals surface area contributed by atoms with Gasteiger partial charge in [-0.3, -0.25) is 0 Å². The molecule has 3 aromatic heterocycles. The minimum atomic E-state index is 0.990. The highest BCUT2D eigenvalue weighted by Gasteiger charge is 2.06. The van der Waals surface area contributed by atoms with Crippen molar-refractivity contribution >= 4 is 22.7 Å². The monoisotopic (exact) mass is 260 g/mol. The summed E-state index contributed by atoms with van der Waals surface area (Å²) in [6.45, 7) is 0.990. The maximum absolute atomic E-state index is 4.43. The first-order valence-corrected chi connectivity index (χ1v) is 7.32. The molecule has 3 heterocycles. The smallest absolute Gasteiger partial charge is 0.149 e. The van der Waals surface area contributed by atoms with Crippen molar-refractivity contribution in [3.8, 4) is 10.7 Å². The first-order valence-electron chi connectivity index (χ1n) is 5.49. The van der Waals surface area contributed by atoms with Crippen molar-refractivity contribution in [2.45, 2.75) is 13.0 Å². The standard InChI is InChI=1S/C13H12N2S2/c1-2-12(17-8-1)13-14-5-7-15(13)6-3-11-4-9-16-10-11/h1-2,4-5,7-10H,3,6H2. The van der Waals surface area contributed by atoms with Crippen molar-refractivity contribution in [1.82, 2.24) is 9.55 Å². The zero-order chi connectivity index (χ0) is 11.5. The Kier molecular flexibility index (Phi) is 3.07. The summed E-state index contributed by atoms with van der Waals surface area (Å²) in [5.41, 5.74) is 1.40. The van der Waals surface area contributed by atoms with Crippen molar-refractivity contribution in [3.63, 3.8) is 0 Å². The summed E-state index contributed by atoms with van der Waals surface area (Å²) < 4.78 is 2.23. The molecule has 0 aliphatic carbocycles. The van der Waals surface area contributed by atoms with Crippen LogP contribution in [0.1, 0.15) is 5.56 Å². The van der Waals surface area contributed by atoms with E-state index in [1.54, 1.807) is 22.7 Å². The van der Waals surface area contributed by atoms with E-state index < -0.39 is 0 Å². The Morgan fingerprint density at radius 1 is 1.24 bits per heavy atom. The normalized spacial score (nSPS) is 10.8. The minimum Gasteiger partial charge on any atom is -0.330 e. The summed E-state index contributed by atoms with van der Waals surface area (Å²) >= 11 is 3.49. The van der Waals surface area contributed by atoms with Crippen LogP contribution in [0.25, 0.3) is 10.7 Å². The van der Waals surface area contributed by atoms with Crippen molar-refractivity contribution in [2.24, 2.45) is 0 Å². The van der Waals surface area contributed by atoms with Gasteiger partial charge in [-0.05, 0) is 40.3 Å². The highest BCUT2D eigenvalue weighted by molar-refractivity contribution is 7.13. The van der Waals surface area contributed by atoms with Crippen LogP contribution in [-0.2, 0) is 13.0 Å². The molecular formula is C13H12N2S2. The Morgan fingerprint density at radius 2 is 2.24 bits per heavy atom. The van der Waals surface area contributed by atoms with Crippen LogP contribution in [0, 0.1) is 0 Å². The van der Waals surface area contributed by atoms with E-state index in [0.29, 0.717) is 0 Å². The molecule has 0 saturated carbocycles. The fraction of sp³-hybridized carbons (Fsp3) is 0.154. The van der Waals surface area contributed by atoms with Gasteiger partial charge in [0.05, 0.1) is 4.88 Å². The highest BCUT2D eigenvalue weighted by atomic mass is 32.1. The topological polar surface area (TPSA) is 17.8 Å². The quantitative estimate of drug-likeness (QED) is 0.695. The maximum atomic E-state index is 4.43. The van der Waals surface area contributed by atoms with Gasteiger partial charge in [0, 0.05) is 18.9 Å². The second kappa shape index (κ2) is 4.85. The van der Waals surface area contributed by atoms with Crippen LogP contribution in [0.2, 0.25) is 0 Å². The van der Waals surface area contributed by atoms with Crippen LogP contribution in [0.4, 0.5) is 0 Å². The molecule has 0 aliphatic heterocycles. The summed E-state index contributed by atoms with van der Waals surface area (Å²) in [6, 6.07) is 6.37. The van der Waals surface area contributed by atoms with E-state index in [-0.39, 0.29) is 0 Å². The number of rotatable bonds is 4. The molecular weight excluding hydrogens is 248 g/mol. The predicted octanol–water partition coefficient (Wildman–Crippen LogP) is 3.92. The summed E-state index contributed by atoms with van der Waals surface area (Å²) in [4.78, 5) is 5.67. The molecule has 4 heteroatoms.